The molecular formula is C13H15Cl2N5O. The lowest BCUT2D eigenvalue weighted by molar-refractivity contribution is 0.191. The van der Waals surface area contributed by atoms with Crippen LogP contribution in [0.25, 0.3) is 0 Å². The quantitative estimate of drug-likeness (QED) is 0.902. The van der Waals surface area contributed by atoms with Gasteiger partial charge in [0.15, 0.2) is 5.82 Å². The van der Waals surface area contributed by atoms with Crippen LogP contribution in [0.4, 0.5) is 5.82 Å². The predicted octanol–water partition coefficient (Wildman–Crippen LogP) is 2.66. The van der Waals surface area contributed by atoms with E-state index in [2.05, 4.69) is 25.5 Å². The van der Waals surface area contributed by atoms with Crippen molar-refractivity contribution in [1.82, 2.24) is 20.2 Å². The molecule has 0 aromatic carbocycles. The minimum absolute atomic E-state index is 0.0247. The Balaban J connectivity index is 1.77. The van der Waals surface area contributed by atoms with E-state index in [0.717, 1.165) is 18.1 Å². The first-order valence-corrected chi connectivity index (χ1v) is 7.49. The molecule has 2 N–H and O–H groups in total. The maximum atomic E-state index is 6.14. The van der Waals surface area contributed by atoms with Crippen LogP contribution in [0.5, 0.6) is 0 Å². The lowest BCUT2D eigenvalue weighted by atomic mass is 10.0. The van der Waals surface area contributed by atoms with Crippen molar-refractivity contribution in [3.63, 3.8) is 0 Å². The SMILES string of the molecule is CCc1nc([C@@H]2COC[C@@H]2Nc2ncc(Cl)cc2Cl)n[nH]1. The standard InChI is InChI=1S/C13H15Cl2N5O/c1-2-11-18-12(20-19-11)8-5-21-6-10(8)17-13-9(15)3-7(14)4-16-13/h3-4,8,10H,2,5-6H2,1H3,(H,16,17)(H,18,19,20)/t8-,10+/m1/s1. The summed E-state index contributed by atoms with van der Waals surface area (Å²) in [5.41, 5.74) is 0. The molecule has 0 bridgehead atoms. The summed E-state index contributed by atoms with van der Waals surface area (Å²) in [5.74, 6) is 2.29. The summed E-state index contributed by atoms with van der Waals surface area (Å²) in [7, 11) is 0. The van der Waals surface area contributed by atoms with Gasteiger partial charge >= 0.3 is 0 Å². The molecule has 0 aliphatic carbocycles. The molecule has 0 saturated carbocycles. The van der Waals surface area contributed by atoms with Gasteiger partial charge in [0.2, 0.25) is 0 Å². The predicted molar refractivity (Wildman–Crippen MR) is 81.0 cm³/mol. The van der Waals surface area contributed by atoms with Crippen molar-refractivity contribution in [2.45, 2.75) is 25.3 Å². The molecule has 0 unspecified atom stereocenters. The molecule has 1 aliphatic heterocycles. The van der Waals surface area contributed by atoms with Crippen molar-refractivity contribution in [1.29, 1.82) is 0 Å². The maximum Gasteiger partial charge on any atom is 0.158 e. The summed E-state index contributed by atoms with van der Waals surface area (Å²) in [6, 6.07) is 1.68. The fourth-order valence-electron chi connectivity index (χ4n) is 2.28. The van der Waals surface area contributed by atoms with Gasteiger partial charge in [-0.1, -0.05) is 30.1 Å². The van der Waals surface area contributed by atoms with Crippen molar-refractivity contribution in [2.75, 3.05) is 18.5 Å². The van der Waals surface area contributed by atoms with E-state index in [-0.39, 0.29) is 12.0 Å². The number of pyridine rings is 1. The topological polar surface area (TPSA) is 75.7 Å². The summed E-state index contributed by atoms with van der Waals surface area (Å²) in [6.07, 6.45) is 2.38. The molecule has 0 amide bonds. The van der Waals surface area contributed by atoms with Gasteiger partial charge in [-0.25, -0.2) is 9.97 Å². The van der Waals surface area contributed by atoms with Crippen LogP contribution < -0.4 is 5.32 Å². The van der Waals surface area contributed by atoms with Gasteiger partial charge in [-0.2, -0.15) is 5.10 Å². The zero-order chi connectivity index (χ0) is 14.8. The molecule has 6 nitrogen and oxygen atoms in total. The molecule has 0 spiro atoms. The number of H-pyrrole nitrogens is 1. The first-order valence-electron chi connectivity index (χ1n) is 6.74. The zero-order valence-corrected chi connectivity index (χ0v) is 12.9. The van der Waals surface area contributed by atoms with Crippen LogP contribution in [-0.4, -0.2) is 39.4 Å². The highest BCUT2D eigenvalue weighted by Gasteiger charge is 2.33. The summed E-state index contributed by atoms with van der Waals surface area (Å²) < 4.78 is 5.55. The van der Waals surface area contributed by atoms with Gasteiger partial charge in [0, 0.05) is 12.6 Å². The van der Waals surface area contributed by atoms with Crippen molar-refractivity contribution >= 4 is 29.0 Å². The molecule has 2 atom stereocenters. The van der Waals surface area contributed by atoms with E-state index in [1.165, 1.54) is 0 Å². The number of hydrogen-bond donors (Lipinski definition) is 2. The zero-order valence-electron chi connectivity index (χ0n) is 11.4. The van der Waals surface area contributed by atoms with Gasteiger partial charge in [0.1, 0.15) is 11.6 Å². The third-order valence-corrected chi connectivity index (χ3v) is 3.92. The van der Waals surface area contributed by atoms with E-state index in [1.807, 2.05) is 6.92 Å². The minimum Gasteiger partial charge on any atom is -0.378 e. The Morgan fingerprint density at radius 1 is 1.43 bits per heavy atom. The third-order valence-electron chi connectivity index (χ3n) is 3.43. The Morgan fingerprint density at radius 3 is 3.00 bits per heavy atom. The molecule has 3 rings (SSSR count). The minimum atomic E-state index is 0.0247. The number of aromatic amines is 1. The van der Waals surface area contributed by atoms with Crippen LogP contribution in [0, 0.1) is 0 Å². The number of aryl methyl sites for hydroxylation is 1. The van der Waals surface area contributed by atoms with Gasteiger partial charge in [-0.15, -0.1) is 0 Å². The van der Waals surface area contributed by atoms with Crippen molar-refractivity contribution in [2.24, 2.45) is 0 Å². The highest BCUT2D eigenvalue weighted by Crippen LogP contribution is 2.29. The summed E-state index contributed by atoms with van der Waals surface area (Å²) in [6.45, 7) is 3.16. The van der Waals surface area contributed by atoms with Crippen molar-refractivity contribution < 1.29 is 4.74 Å². The lowest BCUT2D eigenvalue weighted by Gasteiger charge is -2.18. The van der Waals surface area contributed by atoms with Crippen molar-refractivity contribution in [3.05, 3.63) is 34.0 Å². The molecule has 3 heterocycles. The maximum absolute atomic E-state index is 6.14. The molecule has 1 saturated heterocycles. The summed E-state index contributed by atoms with van der Waals surface area (Å²) >= 11 is 12.0. The van der Waals surface area contributed by atoms with Gasteiger partial charge in [-0.05, 0) is 6.07 Å². The average molecular weight is 328 g/mol. The highest BCUT2D eigenvalue weighted by atomic mass is 35.5. The van der Waals surface area contributed by atoms with Crippen LogP contribution in [0.15, 0.2) is 12.3 Å². The molecule has 112 valence electrons. The second-order valence-corrected chi connectivity index (χ2v) is 5.72. The molecule has 0 radical (unpaired) electrons. The van der Waals surface area contributed by atoms with Crippen LogP contribution >= 0.6 is 23.2 Å². The number of halogens is 2. The van der Waals surface area contributed by atoms with E-state index in [4.69, 9.17) is 27.9 Å². The van der Waals surface area contributed by atoms with E-state index in [1.54, 1.807) is 12.3 Å². The van der Waals surface area contributed by atoms with E-state index < -0.39 is 0 Å². The number of rotatable bonds is 4. The van der Waals surface area contributed by atoms with E-state index in [0.29, 0.717) is 29.1 Å². The number of nitrogens with zero attached hydrogens (tertiary/aromatic N) is 3. The third kappa shape index (κ3) is 3.12. The van der Waals surface area contributed by atoms with Crippen LogP contribution in [0.2, 0.25) is 10.0 Å². The van der Waals surface area contributed by atoms with Crippen LogP contribution in [0.3, 0.4) is 0 Å². The summed E-state index contributed by atoms with van der Waals surface area (Å²) in [4.78, 5) is 8.69. The van der Waals surface area contributed by atoms with Gasteiger partial charge in [0.05, 0.1) is 35.2 Å². The van der Waals surface area contributed by atoms with Crippen LogP contribution in [-0.2, 0) is 11.2 Å². The largest absolute Gasteiger partial charge is 0.378 e. The number of anilines is 1. The molecular weight excluding hydrogens is 313 g/mol. The molecule has 8 heteroatoms. The second kappa shape index (κ2) is 6.17. The first kappa shape index (κ1) is 14.6. The smallest absolute Gasteiger partial charge is 0.158 e. The number of nitrogens with one attached hydrogen (secondary N) is 2. The van der Waals surface area contributed by atoms with Crippen LogP contribution in [0.1, 0.15) is 24.5 Å². The first-order chi connectivity index (χ1) is 10.2. The molecule has 2 aromatic heterocycles. The van der Waals surface area contributed by atoms with Gasteiger partial charge in [0.25, 0.3) is 0 Å². The number of ether oxygens (including phenoxy) is 1. The number of aromatic nitrogens is 4. The Labute approximate surface area is 132 Å². The Hall–Kier alpha value is -1.37. The lowest BCUT2D eigenvalue weighted by Crippen LogP contribution is -2.27. The molecule has 1 fully saturated rings. The Kier molecular flexibility index (Phi) is 4.28. The average Bonchev–Trinajstić information content (AvgIpc) is 3.10. The van der Waals surface area contributed by atoms with E-state index >= 15 is 0 Å². The number of hydrogen-bond acceptors (Lipinski definition) is 5. The van der Waals surface area contributed by atoms with Gasteiger partial charge in [-0.3, -0.25) is 5.10 Å². The Morgan fingerprint density at radius 2 is 2.29 bits per heavy atom. The highest BCUT2D eigenvalue weighted by molar-refractivity contribution is 6.35. The Bertz CT molecular complexity index is 633. The fourth-order valence-corrected chi connectivity index (χ4v) is 2.72. The normalized spacial score (nSPS) is 21.7. The van der Waals surface area contributed by atoms with Crippen molar-refractivity contribution in [3.8, 4) is 0 Å². The second-order valence-electron chi connectivity index (χ2n) is 4.87. The molecule has 1 aliphatic rings. The fraction of sp³-hybridized carbons (Fsp3) is 0.462. The monoisotopic (exact) mass is 327 g/mol. The molecule has 2 aromatic rings. The van der Waals surface area contributed by atoms with Gasteiger partial charge < -0.3 is 10.1 Å². The molecule has 21 heavy (non-hydrogen) atoms. The summed E-state index contributed by atoms with van der Waals surface area (Å²) in [5, 5.41) is 11.5. The van der Waals surface area contributed by atoms with E-state index in [9.17, 15) is 0 Å².